The van der Waals surface area contributed by atoms with Crippen molar-refractivity contribution < 1.29 is 22.7 Å². The van der Waals surface area contributed by atoms with E-state index in [1.54, 1.807) is 38.4 Å². The fraction of sp³-hybridized carbons (Fsp3) is 0.278. The van der Waals surface area contributed by atoms with Crippen LogP contribution in [0.2, 0.25) is 0 Å². The molecule has 2 aromatic rings. The van der Waals surface area contributed by atoms with Crippen LogP contribution in [0.1, 0.15) is 5.56 Å². The van der Waals surface area contributed by atoms with Crippen molar-refractivity contribution in [3.8, 4) is 11.5 Å². The average molecular weight is 376 g/mol. The summed E-state index contributed by atoms with van der Waals surface area (Å²) in [6.45, 7) is 0.266. The number of likely N-dealkylation sites (N-methyl/N-ethyl adjacent to an activating group) is 1. The minimum Gasteiger partial charge on any atom is -0.493 e. The average Bonchev–Trinajstić information content (AvgIpc) is 2.92. The van der Waals surface area contributed by atoms with Crippen LogP contribution in [0.4, 0.5) is 5.69 Å². The highest BCUT2D eigenvalue weighted by Crippen LogP contribution is 2.29. The third-order valence-corrected chi connectivity index (χ3v) is 5.62. The first kappa shape index (κ1) is 18.2. The molecule has 0 radical (unpaired) electrons. The molecule has 0 saturated carbocycles. The molecule has 3 rings (SSSR count). The summed E-state index contributed by atoms with van der Waals surface area (Å²) in [4.78, 5) is 13.4. The van der Waals surface area contributed by atoms with Gasteiger partial charge in [-0.05, 0) is 35.9 Å². The molecule has 26 heavy (non-hydrogen) atoms. The molecule has 1 heterocycles. The number of hydrogen-bond donors (Lipinski definition) is 1. The van der Waals surface area contributed by atoms with E-state index in [1.807, 2.05) is 12.1 Å². The lowest BCUT2D eigenvalue weighted by Gasteiger charge is -2.12. The summed E-state index contributed by atoms with van der Waals surface area (Å²) in [5.74, 6) is 1.09. The molecule has 2 aromatic carbocycles. The van der Waals surface area contributed by atoms with Crippen molar-refractivity contribution in [1.82, 2.24) is 4.72 Å². The molecule has 0 aliphatic carbocycles. The number of methoxy groups -OCH3 is 1. The Kier molecular flexibility index (Phi) is 5.15. The predicted octanol–water partition coefficient (Wildman–Crippen LogP) is 1.57. The fourth-order valence-corrected chi connectivity index (χ4v) is 3.84. The molecule has 0 atom stereocenters. The fourth-order valence-electron chi connectivity index (χ4n) is 2.77. The summed E-state index contributed by atoms with van der Waals surface area (Å²) in [6, 6.07) is 11.8. The molecule has 1 N–H and O–H groups in total. The lowest BCUT2D eigenvalue weighted by Crippen LogP contribution is -2.28. The molecule has 0 unspecified atom stereocenters. The minimum atomic E-state index is -3.68. The molecule has 0 spiro atoms. The number of anilines is 1. The van der Waals surface area contributed by atoms with Crippen LogP contribution in [0.25, 0.3) is 0 Å². The van der Waals surface area contributed by atoms with Gasteiger partial charge in [0.05, 0.1) is 18.4 Å². The first-order chi connectivity index (χ1) is 12.4. The number of rotatable bonds is 7. The van der Waals surface area contributed by atoms with Crippen LogP contribution in [0.15, 0.2) is 47.4 Å². The summed E-state index contributed by atoms with van der Waals surface area (Å²) in [5, 5.41) is 0. The standard InChI is InChI=1S/C18H20N2O5S/c1-20-15-8-7-14(11-13(15)12-18(20)21)26(22,23)19-9-10-25-17-6-4-3-5-16(17)24-2/h3-8,11,19H,9-10,12H2,1-2H3. The highest BCUT2D eigenvalue weighted by molar-refractivity contribution is 7.89. The van der Waals surface area contributed by atoms with E-state index in [2.05, 4.69) is 4.72 Å². The van der Waals surface area contributed by atoms with E-state index in [9.17, 15) is 13.2 Å². The third kappa shape index (κ3) is 3.66. The number of para-hydroxylation sites is 2. The van der Waals surface area contributed by atoms with E-state index in [1.165, 1.54) is 11.0 Å². The van der Waals surface area contributed by atoms with E-state index in [0.717, 1.165) is 5.69 Å². The van der Waals surface area contributed by atoms with Crippen molar-refractivity contribution in [2.24, 2.45) is 0 Å². The second-order valence-corrected chi connectivity index (χ2v) is 7.58. The molecular weight excluding hydrogens is 356 g/mol. The maximum Gasteiger partial charge on any atom is 0.240 e. The number of benzene rings is 2. The zero-order valence-corrected chi connectivity index (χ0v) is 15.4. The van der Waals surface area contributed by atoms with Gasteiger partial charge in [-0.25, -0.2) is 13.1 Å². The number of nitrogens with one attached hydrogen (secondary N) is 1. The number of sulfonamides is 1. The zero-order chi connectivity index (χ0) is 18.7. The van der Waals surface area contributed by atoms with E-state index >= 15 is 0 Å². The van der Waals surface area contributed by atoms with Gasteiger partial charge in [-0.1, -0.05) is 12.1 Å². The Morgan fingerprint density at radius 1 is 1.15 bits per heavy atom. The van der Waals surface area contributed by atoms with Gasteiger partial charge in [0.25, 0.3) is 0 Å². The van der Waals surface area contributed by atoms with Gasteiger partial charge in [-0.15, -0.1) is 0 Å². The van der Waals surface area contributed by atoms with Crippen molar-refractivity contribution in [3.63, 3.8) is 0 Å². The Hall–Kier alpha value is -2.58. The lowest BCUT2D eigenvalue weighted by atomic mass is 10.2. The second kappa shape index (κ2) is 7.35. The largest absolute Gasteiger partial charge is 0.493 e. The molecular formula is C18H20N2O5S. The van der Waals surface area contributed by atoms with Crippen molar-refractivity contribution >= 4 is 21.6 Å². The summed E-state index contributed by atoms with van der Waals surface area (Å²) in [5.41, 5.74) is 1.46. The molecule has 0 bridgehead atoms. The molecule has 1 aliphatic rings. The maximum atomic E-state index is 12.4. The van der Waals surface area contributed by atoms with E-state index in [4.69, 9.17) is 9.47 Å². The van der Waals surface area contributed by atoms with Gasteiger partial charge in [0.15, 0.2) is 11.5 Å². The monoisotopic (exact) mass is 376 g/mol. The van der Waals surface area contributed by atoms with Gasteiger partial charge in [-0.2, -0.15) is 0 Å². The Bertz CT molecular complexity index is 927. The summed E-state index contributed by atoms with van der Waals surface area (Å²) >= 11 is 0. The smallest absolute Gasteiger partial charge is 0.240 e. The highest BCUT2D eigenvalue weighted by Gasteiger charge is 2.26. The minimum absolute atomic E-state index is 0.0484. The van der Waals surface area contributed by atoms with Crippen molar-refractivity contribution in [2.45, 2.75) is 11.3 Å². The number of carbonyl (C=O) groups excluding carboxylic acids is 1. The third-order valence-electron chi connectivity index (χ3n) is 4.16. The van der Waals surface area contributed by atoms with Gasteiger partial charge in [0, 0.05) is 19.3 Å². The normalized spacial score (nSPS) is 13.6. The molecule has 138 valence electrons. The van der Waals surface area contributed by atoms with Crippen LogP contribution >= 0.6 is 0 Å². The first-order valence-corrected chi connectivity index (χ1v) is 9.55. The first-order valence-electron chi connectivity index (χ1n) is 8.07. The number of amides is 1. The number of ether oxygens (including phenoxy) is 2. The van der Waals surface area contributed by atoms with Gasteiger partial charge < -0.3 is 14.4 Å². The summed E-state index contributed by atoms with van der Waals surface area (Å²) < 4.78 is 38.1. The maximum absolute atomic E-state index is 12.4. The van der Waals surface area contributed by atoms with Crippen molar-refractivity contribution in [1.29, 1.82) is 0 Å². The van der Waals surface area contributed by atoms with Crippen LogP contribution in [-0.2, 0) is 21.2 Å². The highest BCUT2D eigenvalue weighted by atomic mass is 32.2. The molecule has 0 saturated heterocycles. The Labute approximate surface area is 152 Å². The SMILES string of the molecule is COc1ccccc1OCCNS(=O)(=O)c1ccc2c(c1)CC(=O)N2C. The Balaban J connectivity index is 1.61. The number of fused-ring (bicyclic) bond motifs is 1. The van der Waals surface area contributed by atoms with Crippen LogP contribution in [0, 0.1) is 0 Å². The van der Waals surface area contributed by atoms with Crippen LogP contribution < -0.4 is 19.1 Å². The van der Waals surface area contributed by atoms with Crippen molar-refractivity contribution in [2.75, 3.05) is 32.2 Å². The number of carbonyl (C=O) groups is 1. The molecule has 8 heteroatoms. The molecule has 1 aliphatic heterocycles. The molecule has 0 fully saturated rings. The summed E-state index contributed by atoms with van der Waals surface area (Å²) in [7, 11) is -0.459. The molecule has 1 amide bonds. The van der Waals surface area contributed by atoms with Gasteiger partial charge >= 0.3 is 0 Å². The quantitative estimate of drug-likeness (QED) is 0.742. The van der Waals surface area contributed by atoms with Crippen LogP contribution in [-0.4, -0.2) is 41.6 Å². The number of hydrogen-bond acceptors (Lipinski definition) is 5. The molecule has 0 aromatic heterocycles. The van der Waals surface area contributed by atoms with Gasteiger partial charge in [0.1, 0.15) is 6.61 Å². The number of nitrogens with zero attached hydrogens (tertiary/aromatic N) is 1. The van der Waals surface area contributed by atoms with E-state index < -0.39 is 10.0 Å². The topological polar surface area (TPSA) is 84.9 Å². The Morgan fingerprint density at radius 3 is 2.62 bits per heavy atom. The van der Waals surface area contributed by atoms with E-state index in [-0.39, 0.29) is 30.4 Å². The van der Waals surface area contributed by atoms with Gasteiger partial charge in [0.2, 0.25) is 15.9 Å². The van der Waals surface area contributed by atoms with Crippen LogP contribution in [0.3, 0.4) is 0 Å². The van der Waals surface area contributed by atoms with Crippen LogP contribution in [0.5, 0.6) is 11.5 Å². The van der Waals surface area contributed by atoms with Crippen molar-refractivity contribution in [3.05, 3.63) is 48.0 Å². The lowest BCUT2D eigenvalue weighted by molar-refractivity contribution is -0.117. The van der Waals surface area contributed by atoms with Gasteiger partial charge in [-0.3, -0.25) is 4.79 Å². The predicted molar refractivity (Wildman–Crippen MR) is 97.2 cm³/mol. The van der Waals surface area contributed by atoms with E-state index in [0.29, 0.717) is 17.1 Å². The Morgan fingerprint density at radius 2 is 1.88 bits per heavy atom. The molecule has 7 nitrogen and oxygen atoms in total. The second-order valence-electron chi connectivity index (χ2n) is 5.82. The zero-order valence-electron chi connectivity index (χ0n) is 14.6. The summed E-state index contributed by atoms with van der Waals surface area (Å²) in [6.07, 6.45) is 0.214.